The van der Waals surface area contributed by atoms with E-state index >= 15 is 0 Å². The number of anilines is 2. The number of rotatable bonds is 6. The third-order valence-electron chi connectivity index (χ3n) is 6.40. The second kappa shape index (κ2) is 12.2. The van der Waals surface area contributed by atoms with Gasteiger partial charge in [-0.15, -0.1) is 0 Å². The Kier molecular flexibility index (Phi) is 8.79. The van der Waals surface area contributed by atoms with Gasteiger partial charge in [0.25, 0.3) is 0 Å². The molecule has 0 aliphatic carbocycles. The Labute approximate surface area is 228 Å². The second-order valence-electron chi connectivity index (χ2n) is 9.33. The lowest BCUT2D eigenvalue weighted by Crippen LogP contribution is -2.50. The molecule has 1 fully saturated rings. The zero-order chi connectivity index (χ0) is 26.4. The molecule has 8 heteroatoms. The number of hydrogen-bond acceptors (Lipinski definition) is 4. The van der Waals surface area contributed by atoms with Gasteiger partial charge >= 0.3 is 0 Å². The number of piperazine rings is 1. The van der Waals surface area contributed by atoms with Crippen LogP contribution in [0.2, 0.25) is 5.02 Å². The highest BCUT2D eigenvalue weighted by Gasteiger charge is 2.25. The lowest BCUT2D eigenvalue weighted by molar-refractivity contribution is -0.134. The summed E-state index contributed by atoms with van der Waals surface area (Å²) in [7, 11) is 0. The standard InChI is InChI=1S/C29H31ClN4O2S/c1-20(2)28(36)34-17-15-33(16-18-34)25-14-13-23(19-24(25)30)31-29(37)32-27(35)26(21-9-5-3-6-10-21)22-11-7-4-8-12-22/h3-14,19-20,26H,15-18H2,1-2H3,(H2,31,32,35,37). The zero-order valence-electron chi connectivity index (χ0n) is 21.0. The average Bonchev–Trinajstić information content (AvgIpc) is 2.90. The van der Waals surface area contributed by atoms with E-state index in [9.17, 15) is 9.59 Å². The van der Waals surface area contributed by atoms with Crippen molar-refractivity contribution >= 4 is 52.1 Å². The first-order valence-corrected chi connectivity index (χ1v) is 13.2. The van der Waals surface area contributed by atoms with Gasteiger partial charge in [0.05, 0.1) is 16.6 Å². The fraction of sp³-hybridized carbons (Fsp3) is 0.276. The molecule has 0 radical (unpaired) electrons. The summed E-state index contributed by atoms with van der Waals surface area (Å²) in [4.78, 5) is 29.6. The molecule has 1 aliphatic rings. The van der Waals surface area contributed by atoms with Gasteiger partial charge in [-0.2, -0.15) is 0 Å². The van der Waals surface area contributed by atoms with Crippen LogP contribution in [0.5, 0.6) is 0 Å². The lowest BCUT2D eigenvalue weighted by atomic mass is 9.90. The number of thiocarbonyl (C=S) groups is 1. The molecule has 1 saturated heterocycles. The summed E-state index contributed by atoms with van der Waals surface area (Å²) in [5, 5.41) is 6.70. The maximum Gasteiger partial charge on any atom is 0.238 e. The van der Waals surface area contributed by atoms with Gasteiger partial charge in [-0.3, -0.25) is 9.59 Å². The first-order chi connectivity index (χ1) is 17.8. The minimum absolute atomic E-state index is 0.000454. The number of halogens is 1. The van der Waals surface area contributed by atoms with Crippen molar-refractivity contribution in [1.82, 2.24) is 10.2 Å². The van der Waals surface area contributed by atoms with Crippen molar-refractivity contribution in [2.45, 2.75) is 19.8 Å². The molecule has 4 rings (SSSR count). The molecule has 0 unspecified atom stereocenters. The Morgan fingerprint density at radius 1 is 0.865 bits per heavy atom. The van der Waals surface area contributed by atoms with Crippen LogP contribution >= 0.6 is 23.8 Å². The number of amides is 2. The third-order valence-corrected chi connectivity index (χ3v) is 6.90. The van der Waals surface area contributed by atoms with Gasteiger partial charge in [0.1, 0.15) is 0 Å². The normalized spacial score (nSPS) is 13.5. The van der Waals surface area contributed by atoms with E-state index in [0.717, 1.165) is 29.9 Å². The van der Waals surface area contributed by atoms with Crippen molar-refractivity contribution in [3.8, 4) is 0 Å². The molecule has 2 N–H and O–H groups in total. The summed E-state index contributed by atoms with van der Waals surface area (Å²) in [6, 6.07) is 24.9. The van der Waals surface area contributed by atoms with E-state index in [2.05, 4.69) is 15.5 Å². The summed E-state index contributed by atoms with van der Waals surface area (Å²) in [5.41, 5.74) is 3.36. The number of nitrogens with one attached hydrogen (secondary N) is 2. The van der Waals surface area contributed by atoms with E-state index < -0.39 is 5.92 Å². The molecule has 0 saturated carbocycles. The van der Waals surface area contributed by atoms with Crippen molar-refractivity contribution in [3.05, 3.63) is 95.0 Å². The zero-order valence-corrected chi connectivity index (χ0v) is 22.6. The molecule has 0 aromatic heterocycles. The summed E-state index contributed by atoms with van der Waals surface area (Å²) in [5.74, 6) is -0.524. The summed E-state index contributed by atoms with van der Waals surface area (Å²) >= 11 is 12.1. The minimum atomic E-state index is -0.491. The van der Waals surface area contributed by atoms with Crippen molar-refractivity contribution in [1.29, 1.82) is 0 Å². The van der Waals surface area contributed by atoms with Gasteiger partial charge in [0.15, 0.2) is 5.11 Å². The Bertz CT molecular complexity index is 1210. The van der Waals surface area contributed by atoms with E-state index in [1.807, 2.05) is 91.5 Å². The number of nitrogens with zero attached hydrogens (tertiary/aromatic N) is 2. The second-order valence-corrected chi connectivity index (χ2v) is 10.1. The van der Waals surface area contributed by atoms with Gasteiger partial charge in [-0.1, -0.05) is 86.1 Å². The molecule has 0 atom stereocenters. The van der Waals surface area contributed by atoms with Gasteiger partial charge in [-0.05, 0) is 41.5 Å². The van der Waals surface area contributed by atoms with Crippen molar-refractivity contribution < 1.29 is 9.59 Å². The number of carbonyl (C=O) groups excluding carboxylic acids is 2. The number of hydrogen-bond donors (Lipinski definition) is 2. The smallest absolute Gasteiger partial charge is 0.238 e. The van der Waals surface area contributed by atoms with Gasteiger partial charge in [0.2, 0.25) is 11.8 Å². The van der Waals surface area contributed by atoms with Crippen LogP contribution in [0.25, 0.3) is 0 Å². The van der Waals surface area contributed by atoms with Crippen LogP contribution in [0, 0.1) is 5.92 Å². The monoisotopic (exact) mass is 534 g/mol. The fourth-order valence-corrected chi connectivity index (χ4v) is 5.03. The maximum atomic E-state index is 13.3. The molecular formula is C29H31ClN4O2S. The highest BCUT2D eigenvalue weighted by Crippen LogP contribution is 2.30. The minimum Gasteiger partial charge on any atom is -0.367 e. The third kappa shape index (κ3) is 6.67. The van der Waals surface area contributed by atoms with Crippen LogP contribution < -0.4 is 15.5 Å². The molecule has 1 heterocycles. The highest BCUT2D eigenvalue weighted by atomic mass is 35.5. The molecule has 1 aliphatic heterocycles. The van der Waals surface area contributed by atoms with Crippen molar-refractivity contribution in [3.63, 3.8) is 0 Å². The van der Waals surface area contributed by atoms with E-state index in [1.54, 1.807) is 6.07 Å². The van der Waals surface area contributed by atoms with Crippen LogP contribution in [-0.4, -0.2) is 48.0 Å². The Morgan fingerprint density at radius 3 is 1.95 bits per heavy atom. The molecule has 3 aromatic rings. The van der Waals surface area contributed by atoms with E-state index in [4.69, 9.17) is 23.8 Å². The summed E-state index contributed by atoms with van der Waals surface area (Å²) in [6.07, 6.45) is 0. The molecule has 6 nitrogen and oxygen atoms in total. The molecule has 0 spiro atoms. The van der Waals surface area contributed by atoms with Gasteiger partial charge in [-0.25, -0.2) is 0 Å². The van der Waals surface area contributed by atoms with Crippen molar-refractivity contribution in [2.24, 2.45) is 5.92 Å². The van der Waals surface area contributed by atoms with Crippen LogP contribution in [0.15, 0.2) is 78.9 Å². The van der Waals surface area contributed by atoms with E-state index in [1.165, 1.54) is 0 Å². The summed E-state index contributed by atoms with van der Waals surface area (Å²) in [6.45, 7) is 6.64. The van der Waals surface area contributed by atoms with Crippen LogP contribution in [0.3, 0.4) is 0 Å². The van der Waals surface area contributed by atoms with Crippen LogP contribution in [0.4, 0.5) is 11.4 Å². The van der Waals surface area contributed by atoms with Gasteiger partial charge in [0, 0.05) is 37.8 Å². The lowest BCUT2D eigenvalue weighted by Gasteiger charge is -2.37. The SMILES string of the molecule is CC(C)C(=O)N1CCN(c2ccc(NC(=S)NC(=O)C(c3ccccc3)c3ccccc3)cc2Cl)CC1. The first-order valence-electron chi connectivity index (χ1n) is 12.4. The van der Waals surface area contributed by atoms with E-state index in [0.29, 0.717) is 23.8 Å². The molecule has 3 aromatic carbocycles. The predicted octanol–water partition coefficient (Wildman–Crippen LogP) is 5.29. The molecule has 0 bridgehead atoms. The highest BCUT2D eigenvalue weighted by molar-refractivity contribution is 7.80. The van der Waals surface area contributed by atoms with E-state index in [-0.39, 0.29) is 22.8 Å². The van der Waals surface area contributed by atoms with Crippen LogP contribution in [0.1, 0.15) is 30.9 Å². The topological polar surface area (TPSA) is 64.7 Å². The molecule has 2 amide bonds. The van der Waals surface area contributed by atoms with Crippen molar-refractivity contribution in [2.75, 3.05) is 36.4 Å². The fourth-order valence-electron chi connectivity index (χ4n) is 4.51. The average molecular weight is 535 g/mol. The molecular weight excluding hydrogens is 504 g/mol. The van der Waals surface area contributed by atoms with Gasteiger partial charge < -0.3 is 20.4 Å². The largest absolute Gasteiger partial charge is 0.367 e. The quantitative estimate of drug-likeness (QED) is 0.421. The summed E-state index contributed by atoms with van der Waals surface area (Å²) < 4.78 is 0. The Morgan fingerprint density at radius 2 is 1.43 bits per heavy atom. The number of carbonyl (C=O) groups is 2. The maximum absolute atomic E-state index is 13.3. The Balaban J connectivity index is 1.39. The van der Waals surface area contributed by atoms with Crippen LogP contribution in [-0.2, 0) is 9.59 Å². The Hall–Kier alpha value is -3.42. The molecule has 192 valence electrons. The first kappa shape index (κ1) is 26.6. The predicted molar refractivity (Wildman–Crippen MR) is 154 cm³/mol. The molecule has 37 heavy (non-hydrogen) atoms. The number of benzene rings is 3.